The Morgan fingerprint density at radius 2 is 1.56 bits per heavy atom. The van der Waals surface area contributed by atoms with E-state index in [4.69, 9.17) is 0 Å². The predicted molar refractivity (Wildman–Crippen MR) is 110 cm³/mol. The number of hydrogen-bond acceptors (Lipinski definition) is 3. The molecule has 3 rings (SSSR count). The van der Waals surface area contributed by atoms with Gasteiger partial charge in [-0.2, -0.15) is 0 Å². The predicted octanol–water partition coefficient (Wildman–Crippen LogP) is 3.51. The van der Waals surface area contributed by atoms with Gasteiger partial charge >= 0.3 is 0 Å². The first kappa shape index (κ1) is 19.6. The van der Waals surface area contributed by atoms with Gasteiger partial charge in [0.15, 0.2) is 0 Å². The number of benzene rings is 2. The van der Waals surface area contributed by atoms with Crippen LogP contribution in [-0.4, -0.2) is 37.0 Å². The lowest BCUT2D eigenvalue weighted by atomic mass is 10.0. The Morgan fingerprint density at radius 3 is 2.33 bits per heavy atom. The first-order chi connectivity index (χ1) is 13.3. The Morgan fingerprint density at radius 1 is 0.852 bits per heavy atom. The van der Waals surface area contributed by atoms with E-state index in [0.717, 1.165) is 52.0 Å². The summed E-state index contributed by atoms with van der Waals surface area (Å²) >= 11 is 0. The molecule has 27 heavy (non-hydrogen) atoms. The van der Waals surface area contributed by atoms with Crippen LogP contribution in [0.1, 0.15) is 42.9 Å². The van der Waals surface area contributed by atoms with Crippen molar-refractivity contribution in [2.45, 2.75) is 38.3 Å². The summed E-state index contributed by atoms with van der Waals surface area (Å²) in [5.74, 6) is 0.136. The maximum absolute atomic E-state index is 12.3. The summed E-state index contributed by atoms with van der Waals surface area (Å²) in [5, 5.41) is 6.69. The molecule has 0 aromatic heterocycles. The quantitative estimate of drug-likeness (QED) is 0.875. The molecular weight excluding hydrogens is 334 g/mol. The standard InChI is InChI=1S/C23H31N3O/c27-23-18-22(21-12-5-2-6-13-21)24-15-9-17-26(16-8-7-14-25-23)19-20-10-3-1-4-11-20/h1-6,10-13,22,24H,7-9,14-19H2,(H,25,27). The molecule has 1 saturated heterocycles. The molecule has 2 aromatic carbocycles. The van der Waals surface area contributed by atoms with Crippen molar-refractivity contribution in [3.8, 4) is 0 Å². The minimum atomic E-state index is 0.0783. The smallest absolute Gasteiger partial charge is 0.221 e. The number of carbonyl (C=O) groups excluding carboxylic acids is 1. The third kappa shape index (κ3) is 6.81. The zero-order valence-corrected chi connectivity index (χ0v) is 16.1. The largest absolute Gasteiger partial charge is 0.356 e. The summed E-state index contributed by atoms with van der Waals surface area (Å²) in [7, 11) is 0. The van der Waals surface area contributed by atoms with E-state index >= 15 is 0 Å². The van der Waals surface area contributed by atoms with Gasteiger partial charge in [0.1, 0.15) is 0 Å². The van der Waals surface area contributed by atoms with Gasteiger partial charge in [0.05, 0.1) is 0 Å². The van der Waals surface area contributed by atoms with Crippen LogP contribution in [0.25, 0.3) is 0 Å². The van der Waals surface area contributed by atoms with Gasteiger partial charge in [0.25, 0.3) is 0 Å². The zero-order chi connectivity index (χ0) is 18.7. The van der Waals surface area contributed by atoms with Crippen LogP contribution in [0.4, 0.5) is 0 Å². The van der Waals surface area contributed by atoms with Crippen LogP contribution in [0.3, 0.4) is 0 Å². The molecule has 1 heterocycles. The molecule has 0 bridgehead atoms. The molecule has 1 amide bonds. The fourth-order valence-electron chi connectivity index (χ4n) is 3.63. The van der Waals surface area contributed by atoms with Crippen LogP contribution in [-0.2, 0) is 11.3 Å². The molecule has 0 saturated carbocycles. The Bertz CT molecular complexity index is 675. The summed E-state index contributed by atoms with van der Waals surface area (Å²) in [6.45, 7) is 4.82. The Kier molecular flexibility index (Phi) is 7.87. The van der Waals surface area contributed by atoms with Crippen molar-refractivity contribution in [2.24, 2.45) is 0 Å². The number of carbonyl (C=O) groups is 1. The van der Waals surface area contributed by atoms with Crippen molar-refractivity contribution in [1.29, 1.82) is 0 Å². The SMILES string of the molecule is O=C1CC(c2ccccc2)NCCCN(Cc2ccccc2)CCCCN1. The van der Waals surface area contributed by atoms with Gasteiger partial charge < -0.3 is 10.6 Å². The number of nitrogens with one attached hydrogen (secondary N) is 2. The lowest BCUT2D eigenvalue weighted by Crippen LogP contribution is -2.32. The molecule has 0 spiro atoms. The summed E-state index contributed by atoms with van der Waals surface area (Å²) < 4.78 is 0. The van der Waals surface area contributed by atoms with Crippen LogP contribution >= 0.6 is 0 Å². The fourth-order valence-corrected chi connectivity index (χ4v) is 3.63. The van der Waals surface area contributed by atoms with Crippen LogP contribution < -0.4 is 10.6 Å². The maximum Gasteiger partial charge on any atom is 0.221 e. The maximum atomic E-state index is 12.3. The van der Waals surface area contributed by atoms with Gasteiger partial charge in [-0.25, -0.2) is 0 Å². The van der Waals surface area contributed by atoms with Gasteiger partial charge in [-0.15, -0.1) is 0 Å². The van der Waals surface area contributed by atoms with Crippen LogP contribution in [0.15, 0.2) is 60.7 Å². The average molecular weight is 366 g/mol. The molecule has 2 aromatic rings. The van der Waals surface area contributed by atoms with Gasteiger partial charge in [-0.1, -0.05) is 60.7 Å². The monoisotopic (exact) mass is 365 g/mol. The van der Waals surface area contributed by atoms with Crippen LogP contribution in [0.5, 0.6) is 0 Å². The Balaban J connectivity index is 1.61. The van der Waals surface area contributed by atoms with Gasteiger partial charge in [-0.05, 0) is 50.0 Å². The summed E-state index contributed by atoms with van der Waals surface area (Å²) in [6, 6.07) is 21.1. The first-order valence-corrected chi connectivity index (χ1v) is 10.1. The molecule has 0 aliphatic carbocycles. The number of amides is 1. The highest BCUT2D eigenvalue weighted by molar-refractivity contribution is 5.76. The van der Waals surface area contributed by atoms with Gasteiger partial charge in [0, 0.05) is 25.6 Å². The van der Waals surface area contributed by atoms with E-state index in [1.807, 2.05) is 18.2 Å². The highest BCUT2D eigenvalue weighted by Crippen LogP contribution is 2.17. The second kappa shape index (κ2) is 10.9. The van der Waals surface area contributed by atoms with E-state index in [-0.39, 0.29) is 11.9 Å². The zero-order valence-electron chi connectivity index (χ0n) is 16.1. The molecule has 4 nitrogen and oxygen atoms in total. The van der Waals surface area contributed by atoms with Crippen LogP contribution in [0.2, 0.25) is 0 Å². The normalized spacial score (nSPS) is 20.7. The molecule has 1 aliphatic rings. The number of hydrogen-bond donors (Lipinski definition) is 2. The Labute approximate surface area is 163 Å². The van der Waals surface area contributed by atoms with Crippen molar-refractivity contribution in [3.05, 3.63) is 71.8 Å². The molecule has 2 N–H and O–H groups in total. The minimum absolute atomic E-state index is 0.0783. The van der Waals surface area contributed by atoms with Crippen molar-refractivity contribution >= 4 is 5.91 Å². The molecule has 1 fully saturated rings. The topological polar surface area (TPSA) is 44.4 Å². The lowest BCUT2D eigenvalue weighted by molar-refractivity contribution is -0.121. The van der Waals surface area contributed by atoms with E-state index in [0.29, 0.717) is 6.42 Å². The van der Waals surface area contributed by atoms with Crippen molar-refractivity contribution in [1.82, 2.24) is 15.5 Å². The lowest BCUT2D eigenvalue weighted by Gasteiger charge is -2.23. The van der Waals surface area contributed by atoms with Crippen molar-refractivity contribution < 1.29 is 4.79 Å². The van der Waals surface area contributed by atoms with Gasteiger partial charge in [-0.3, -0.25) is 9.69 Å². The minimum Gasteiger partial charge on any atom is -0.356 e. The molecule has 1 atom stereocenters. The van der Waals surface area contributed by atoms with Crippen LogP contribution in [0, 0.1) is 0 Å². The number of nitrogens with zero attached hydrogens (tertiary/aromatic N) is 1. The van der Waals surface area contributed by atoms with E-state index in [2.05, 4.69) is 58.0 Å². The second-order valence-corrected chi connectivity index (χ2v) is 7.29. The summed E-state index contributed by atoms with van der Waals surface area (Å²) in [5.41, 5.74) is 2.55. The summed E-state index contributed by atoms with van der Waals surface area (Å²) in [6.07, 6.45) is 3.72. The van der Waals surface area contributed by atoms with E-state index < -0.39 is 0 Å². The molecular formula is C23H31N3O. The highest BCUT2D eigenvalue weighted by Gasteiger charge is 2.16. The molecule has 1 aliphatic heterocycles. The molecule has 144 valence electrons. The fraction of sp³-hybridized carbons (Fsp3) is 0.435. The first-order valence-electron chi connectivity index (χ1n) is 10.1. The van der Waals surface area contributed by atoms with E-state index in [1.54, 1.807) is 0 Å². The third-order valence-corrected chi connectivity index (χ3v) is 5.11. The van der Waals surface area contributed by atoms with E-state index in [9.17, 15) is 4.79 Å². The highest BCUT2D eigenvalue weighted by atomic mass is 16.1. The Hall–Kier alpha value is -2.17. The molecule has 4 heteroatoms. The molecule has 1 unspecified atom stereocenters. The van der Waals surface area contributed by atoms with Crippen molar-refractivity contribution in [2.75, 3.05) is 26.2 Å². The summed E-state index contributed by atoms with van der Waals surface area (Å²) in [4.78, 5) is 14.8. The van der Waals surface area contributed by atoms with Gasteiger partial charge in [0.2, 0.25) is 5.91 Å². The molecule has 0 radical (unpaired) electrons. The average Bonchev–Trinajstić information content (AvgIpc) is 2.72. The number of rotatable bonds is 3. The van der Waals surface area contributed by atoms with E-state index in [1.165, 1.54) is 11.1 Å². The second-order valence-electron chi connectivity index (χ2n) is 7.29. The van der Waals surface area contributed by atoms with Crippen molar-refractivity contribution in [3.63, 3.8) is 0 Å². The third-order valence-electron chi connectivity index (χ3n) is 5.11.